The summed E-state index contributed by atoms with van der Waals surface area (Å²) in [6.45, 7) is 1.53. The number of likely N-dealkylation sites (tertiary alicyclic amines) is 1. The first-order valence-electron chi connectivity index (χ1n) is 10.2. The summed E-state index contributed by atoms with van der Waals surface area (Å²) in [6, 6.07) is 14.1. The minimum Gasteiger partial charge on any atom is -0.507 e. The number of ketones is 1. The van der Waals surface area contributed by atoms with Gasteiger partial charge in [0.25, 0.3) is 11.7 Å². The Morgan fingerprint density at radius 1 is 1.20 bits per heavy atom. The molecule has 0 aromatic heterocycles. The summed E-state index contributed by atoms with van der Waals surface area (Å²) in [5, 5.41) is 11.1. The summed E-state index contributed by atoms with van der Waals surface area (Å²) in [6.07, 6.45) is 2.36. The van der Waals surface area contributed by atoms with Crippen LogP contribution in [-0.2, 0) is 20.7 Å². The van der Waals surface area contributed by atoms with Gasteiger partial charge in [-0.2, -0.15) is 0 Å². The van der Waals surface area contributed by atoms with Crippen molar-refractivity contribution in [3.05, 3.63) is 70.8 Å². The molecule has 2 aromatic carbocycles. The second kappa shape index (κ2) is 8.71. The third-order valence-corrected chi connectivity index (χ3v) is 5.58. The van der Waals surface area contributed by atoms with Gasteiger partial charge in [0.15, 0.2) is 0 Å². The Balaban J connectivity index is 1.79. The lowest BCUT2D eigenvalue weighted by Gasteiger charge is -2.25. The van der Waals surface area contributed by atoms with Crippen LogP contribution in [0.15, 0.2) is 54.1 Å². The van der Waals surface area contributed by atoms with Gasteiger partial charge in [0, 0.05) is 25.8 Å². The number of carbonyl (C=O) groups excluding carboxylic acids is 2. The van der Waals surface area contributed by atoms with Crippen molar-refractivity contribution in [1.82, 2.24) is 4.90 Å². The van der Waals surface area contributed by atoms with E-state index >= 15 is 0 Å². The van der Waals surface area contributed by atoms with Gasteiger partial charge in [-0.25, -0.2) is 0 Å². The average molecular weight is 407 g/mol. The molecule has 1 amide bonds. The second-order valence-corrected chi connectivity index (χ2v) is 7.52. The molecule has 6 nitrogen and oxygen atoms in total. The fourth-order valence-corrected chi connectivity index (χ4v) is 4.13. The van der Waals surface area contributed by atoms with Crippen LogP contribution in [0.4, 0.5) is 0 Å². The Bertz CT molecular complexity index is 982. The fourth-order valence-electron chi connectivity index (χ4n) is 4.13. The molecular weight excluding hydrogens is 382 g/mol. The number of carbonyl (C=O) groups is 2. The van der Waals surface area contributed by atoms with Crippen molar-refractivity contribution < 1.29 is 24.2 Å². The molecule has 30 heavy (non-hydrogen) atoms. The number of nitrogens with zero attached hydrogens (tertiary/aromatic N) is 1. The van der Waals surface area contributed by atoms with Crippen molar-refractivity contribution in [3.63, 3.8) is 0 Å². The number of Topliss-reactive ketones (excluding diaryl/α,β-unsaturated/α-hetero) is 1. The zero-order valence-electron chi connectivity index (χ0n) is 17.0. The number of methoxy groups -OCH3 is 1. The fraction of sp³-hybridized carbons (Fsp3) is 0.333. The van der Waals surface area contributed by atoms with Crippen LogP contribution in [0.1, 0.15) is 35.6 Å². The maximum atomic E-state index is 13.0. The first kappa shape index (κ1) is 20.2. The molecule has 0 saturated carbocycles. The molecule has 2 aromatic rings. The summed E-state index contributed by atoms with van der Waals surface area (Å²) in [5.74, 6) is -0.599. The number of aryl methyl sites for hydroxylation is 1. The lowest BCUT2D eigenvalue weighted by molar-refractivity contribution is -0.140. The largest absolute Gasteiger partial charge is 0.507 e. The highest BCUT2D eigenvalue weighted by atomic mass is 16.5. The zero-order valence-corrected chi connectivity index (χ0v) is 17.0. The number of aliphatic hydroxyl groups is 1. The summed E-state index contributed by atoms with van der Waals surface area (Å²) in [5.41, 5.74) is 2.43. The number of hydrogen-bond acceptors (Lipinski definition) is 5. The minimum absolute atomic E-state index is 0.125. The predicted molar refractivity (Wildman–Crippen MR) is 112 cm³/mol. The quantitative estimate of drug-likeness (QED) is 0.343. The number of rotatable bonds is 6. The number of fused-ring (bicyclic) bond motifs is 1. The summed E-state index contributed by atoms with van der Waals surface area (Å²) in [4.78, 5) is 27.3. The lowest BCUT2D eigenvalue weighted by atomic mass is 9.94. The van der Waals surface area contributed by atoms with E-state index in [0.29, 0.717) is 31.7 Å². The molecule has 1 atom stereocenters. The number of amides is 1. The normalized spacial score (nSPS) is 20.2. The first-order chi connectivity index (χ1) is 14.6. The summed E-state index contributed by atoms with van der Waals surface area (Å²) in [7, 11) is 1.60. The van der Waals surface area contributed by atoms with E-state index in [1.807, 2.05) is 42.5 Å². The Kier molecular flexibility index (Phi) is 5.86. The van der Waals surface area contributed by atoms with Crippen molar-refractivity contribution in [1.29, 1.82) is 0 Å². The third-order valence-electron chi connectivity index (χ3n) is 5.58. The molecular formula is C24H25NO5. The molecule has 2 aliphatic rings. The molecule has 1 fully saturated rings. The van der Waals surface area contributed by atoms with Gasteiger partial charge in [0.2, 0.25) is 0 Å². The Morgan fingerprint density at radius 3 is 2.77 bits per heavy atom. The van der Waals surface area contributed by atoms with Crippen molar-refractivity contribution in [2.75, 3.05) is 26.9 Å². The highest BCUT2D eigenvalue weighted by Crippen LogP contribution is 2.40. The van der Waals surface area contributed by atoms with E-state index in [4.69, 9.17) is 9.47 Å². The summed E-state index contributed by atoms with van der Waals surface area (Å²) >= 11 is 0. The van der Waals surface area contributed by atoms with Crippen LogP contribution in [0.25, 0.3) is 5.76 Å². The Labute approximate surface area is 175 Å². The minimum atomic E-state index is -0.659. The van der Waals surface area contributed by atoms with Crippen LogP contribution in [0.5, 0.6) is 5.75 Å². The van der Waals surface area contributed by atoms with Gasteiger partial charge >= 0.3 is 0 Å². The van der Waals surface area contributed by atoms with Crippen LogP contribution in [0, 0.1) is 0 Å². The Morgan fingerprint density at radius 2 is 2.00 bits per heavy atom. The average Bonchev–Trinajstić information content (AvgIpc) is 3.04. The first-order valence-corrected chi connectivity index (χ1v) is 10.2. The Hall–Kier alpha value is -3.12. The topological polar surface area (TPSA) is 76.1 Å². The highest BCUT2D eigenvalue weighted by Gasteiger charge is 2.45. The van der Waals surface area contributed by atoms with E-state index in [0.717, 1.165) is 29.7 Å². The van der Waals surface area contributed by atoms with E-state index in [2.05, 4.69) is 0 Å². The van der Waals surface area contributed by atoms with Crippen LogP contribution < -0.4 is 4.74 Å². The van der Waals surface area contributed by atoms with Crippen LogP contribution in [0.3, 0.4) is 0 Å². The van der Waals surface area contributed by atoms with E-state index < -0.39 is 17.7 Å². The molecule has 0 aliphatic carbocycles. The van der Waals surface area contributed by atoms with E-state index in [-0.39, 0.29) is 11.3 Å². The van der Waals surface area contributed by atoms with Gasteiger partial charge in [0.1, 0.15) is 11.5 Å². The smallest absolute Gasteiger partial charge is 0.295 e. The molecule has 1 unspecified atom stereocenters. The molecule has 6 heteroatoms. The van der Waals surface area contributed by atoms with Gasteiger partial charge in [-0.05, 0) is 48.6 Å². The van der Waals surface area contributed by atoms with E-state index in [9.17, 15) is 14.7 Å². The number of hydrogen-bond donors (Lipinski definition) is 1. The van der Waals surface area contributed by atoms with Crippen molar-refractivity contribution in [2.45, 2.75) is 25.3 Å². The van der Waals surface area contributed by atoms with Gasteiger partial charge < -0.3 is 19.5 Å². The van der Waals surface area contributed by atoms with Crippen molar-refractivity contribution in [3.8, 4) is 5.75 Å². The van der Waals surface area contributed by atoms with Crippen molar-refractivity contribution in [2.24, 2.45) is 0 Å². The predicted octanol–water partition coefficient (Wildman–Crippen LogP) is 3.47. The maximum Gasteiger partial charge on any atom is 0.295 e. The van der Waals surface area contributed by atoms with E-state index in [1.165, 1.54) is 4.90 Å². The molecule has 0 spiro atoms. The second-order valence-electron chi connectivity index (χ2n) is 7.52. The van der Waals surface area contributed by atoms with E-state index in [1.54, 1.807) is 13.2 Å². The molecule has 1 N–H and O–H groups in total. The zero-order chi connectivity index (χ0) is 21.1. The summed E-state index contributed by atoms with van der Waals surface area (Å²) < 4.78 is 10.8. The number of ether oxygens (including phenoxy) is 2. The number of benzene rings is 2. The molecule has 2 heterocycles. The van der Waals surface area contributed by atoms with Gasteiger partial charge in [-0.1, -0.05) is 30.3 Å². The van der Waals surface area contributed by atoms with Gasteiger partial charge in [0.05, 0.1) is 18.2 Å². The van der Waals surface area contributed by atoms with Crippen molar-refractivity contribution >= 4 is 17.4 Å². The van der Waals surface area contributed by atoms with Crippen LogP contribution >= 0.6 is 0 Å². The van der Waals surface area contributed by atoms with Crippen LogP contribution in [-0.4, -0.2) is 48.6 Å². The standard InChI is InChI=1S/C24H25NO5/c1-29-13-6-12-25-21(16-7-3-2-4-8-16)20(23(27)24(25)28)22(26)18-10-11-19-17(15-18)9-5-14-30-19/h2-4,7-8,10-11,15,21,26H,5-6,9,12-14H2,1H3/b22-20-. The molecule has 0 bridgehead atoms. The van der Waals surface area contributed by atoms with Gasteiger partial charge in [-0.3, -0.25) is 9.59 Å². The number of aliphatic hydroxyl groups excluding tert-OH is 1. The molecule has 0 radical (unpaired) electrons. The molecule has 1 saturated heterocycles. The lowest BCUT2D eigenvalue weighted by Crippen LogP contribution is -2.31. The third kappa shape index (κ3) is 3.71. The highest BCUT2D eigenvalue weighted by molar-refractivity contribution is 6.46. The monoisotopic (exact) mass is 407 g/mol. The molecule has 156 valence electrons. The maximum absolute atomic E-state index is 13.0. The molecule has 2 aliphatic heterocycles. The van der Waals surface area contributed by atoms with Gasteiger partial charge in [-0.15, -0.1) is 0 Å². The molecule has 4 rings (SSSR count). The SMILES string of the molecule is COCCCN1C(=O)C(=O)/C(=C(\O)c2ccc3c(c2)CCCO3)C1c1ccccc1. The van der Waals surface area contributed by atoms with Crippen LogP contribution in [0.2, 0.25) is 0 Å².